The molecule has 0 radical (unpaired) electrons. The summed E-state index contributed by atoms with van der Waals surface area (Å²) in [5, 5.41) is 20.2. The van der Waals surface area contributed by atoms with Gasteiger partial charge in [-0.15, -0.1) is 24.8 Å². The lowest BCUT2D eigenvalue weighted by atomic mass is 10.1. The molecule has 5 nitrogen and oxygen atoms in total. The summed E-state index contributed by atoms with van der Waals surface area (Å²) >= 11 is 0. The topological polar surface area (TPSA) is 56.2 Å². The maximum absolute atomic E-state index is 10.4. The molecule has 0 amide bonds. The van der Waals surface area contributed by atoms with E-state index >= 15 is 0 Å². The van der Waals surface area contributed by atoms with Crippen molar-refractivity contribution in [3.8, 4) is 5.75 Å². The maximum atomic E-state index is 10.4. The second-order valence-electron chi connectivity index (χ2n) is 7.73. The van der Waals surface area contributed by atoms with Crippen molar-refractivity contribution in [2.45, 2.75) is 33.0 Å². The van der Waals surface area contributed by atoms with Gasteiger partial charge in [0.2, 0.25) is 0 Å². The summed E-state index contributed by atoms with van der Waals surface area (Å²) in [6.45, 7) is 10.6. The quantitative estimate of drug-likeness (QED) is 0.663. The summed E-state index contributed by atoms with van der Waals surface area (Å²) in [5.74, 6) is 0.635. The van der Waals surface area contributed by atoms with Crippen LogP contribution < -0.4 is 9.64 Å². The van der Waals surface area contributed by atoms with Crippen LogP contribution >= 0.6 is 24.8 Å². The third-order valence-electron chi connectivity index (χ3n) is 5.50. The van der Waals surface area contributed by atoms with Crippen LogP contribution in [0.5, 0.6) is 5.75 Å². The van der Waals surface area contributed by atoms with E-state index in [0.29, 0.717) is 12.3 Å². The number of aliphatic hydroxyl groups excluding tert-OH is 2. The first-order valence-electron chi connectivity index (χ1n) is 10.1. The highest BCUT2D eigenvalue weighted by atomic mass is 35.5. The zero-order valence-corrected chi connectivity index (χ0v) is 19.6. The molecule has 168 valence electrons. The summed E-state index contributed by atoms with van der Waals surface area (Å²) in [4.78, 5) is 4.69. The van der Waals surface area contributed by atoms with Gasteiger partial charge in [-0.1, -0.05) is 24.3 Å². The molecule has 2 aromatic carbocycles. The Balaban J connectivity index is 0.00000225. The van der Waals surface area contributed by atoms with Crippen LogP contribution in [0, 0.1) is 13.8 Å². The Morgan fingerprint density at radius 3 is 2.23 bits per heavy atom. The molecule has 2 aromatic rings. The van der Waals surface area contributed by atoms with Crippen molar-refractivity contribution in [2.24, 2.45) is 0 Å². The van der Waals surface area contributed by atoms with Gasteiger partial charge >= 0.3 is 0 Å². The molecule has 3 rings (SSSR count). The van der Waals surface area contributed by atoms with Crippen LogP contribution in [-0.4, -0.2) is 60.5 Å². The molecule has 0 bridgehead atoms. The Morgan fingerprint density at radius 2 is 1.60 bits per heavy atom. The second-order valence-corrected chi connectivity index (χ2v) is 7.73. The smallest absolute Gasteiger partial charge is 0.125 e. The summed E-state index contributed by atoms with van der Waals surface area (Å²) in [6.07, 6.45) is -1.15. The van der Waals surface area contributed by atoms with E-state index in [1.165, 1.54) is 16.8 Å². The summed E-state index contributed by atoms with van der Waals surface area (Å²) in [6, 6.07) is 14.1. The fourth-order valence-corrected chi connectivity index (χ4v) is 3.60. The molecule has 30 heavy (non-hydrogen) atoms. The van der Waals surface area contributed by atoms with Crippen molar-refractivity contribution in [3.05, 3.63) is 59.2 Å². The van der Waals surface area contributed by atoms with E-state index in [2.05, 4.69) is 41.8 Å². The average molecular weight is 457 g/mol. The second kappa shape index (κ2) is 12.4. The number of rotatable bonds is 7. The Bertz CT molecular complexity index is 781. The molecule has 0 aliphatic carbocycles. The number of para-hydroxylation sites is 1. The molecule has 0 spiro atoms. The third-order valence-corrected chi connectivity index (χ3v) is 5.50. The monoisotopic (exact) mass is 456 g/mol. The summed E-state index contributed by atoms with van der Waals surface area (Å²) in [5.41, 5.74) is 4.67. The van der Waals surface area contributed by atoms with E-state index in [4.69, 9.17) is 4.74 Å². The molecule has 1 saturated heterocycles. The lowest BCUT2D eigenvalue weighted by Gasteiger charge is -2.37. The highest BCUT2D eigenvalue weighted by Crippen LogP contribution is 2.25. The normalized spacial score (nSPS) is 16.2. The number of benzene rings is 2. The maximum Gasteiger partial charge on any atom is 0.125 e. The van der Waals surface area contributed by atoms with Crippen molar-refractivity contribution < 1.29 is 14.9 Å². The van der Waals surface area contributed by atoms with Crippen molar-refractivity contribution in [1.29, 1.82) is 0 Å². The molecule has 0 saturated carbocycles. The van der Waals surface area contributed by atoms with E-state index in [-0.39, 0.29) is 31.4 Å². The van der Waals surface area contributed by atoms with Crippen molar-refractivity contribution in [2.75, 3.05) is 44.2 Å². The molecular formula is C23H34Cl2N2O3. The first-order valence-corrected chi connectivity index (χ1v) is 10.1. The zero-order chi connectivity index (χ0) is 20.1. The Kier molecular flexibility index (Phi) is 10.9. The van der Waals surface area contributed by atoms with Crippen LogP contribution in [0.25, 0.3) is 0 Å². The van der Waals surface area contributed by atoms with E-state index < -0.39 is 12.2 Å². The van der Waals surface area contributed by atoms with Gasteiger partial charge in [0, 0.05) is 44.0 Å². The number of ether oxygens (including phenoxy) is 1. The Hall–Kier alpha value is -1.50. The number of aryl methyl sites for hydroxylation is 2. The highest BCUT2D eigenvalue weighted by Gasteiger charge is 2.20. The molecular weight excluding hydrogens is 423 g/mol. The lowest BCUT2D eigenvalue weighted by molar-refractivity contribution is 0.0648. The van der Waals surface area contributed by atoms with Crippen molar-refractivity contribution in [1.82, 2.24) is 4.90 Å². The summed E-state index contributed by atoms with van der Waals surface area (Å²) < 4.78 is 5.77. The zero-order valence-electron chi connectivity index (χ0n) is 18.0. The van der Waals surface area contributed by atoms with Crippen molar-refractivity contribution >= 4 is 30.5 Å². The third kappa shape index (κ3) is 7.03. The van der Waals surface area contributed by atoms with Gasteiger partial charge in [-0.05, 0) is 50.1 Å². The number of nitrogens with zero attached hydrogens (tertiary/aromatic N) is 2. The van der Waals surface area contributed by atoms with Crippen molar-refractivity contribution in [3.63, 3.8) is 0 Å². The molecule has 2 N–H and O–H groups in total. The van der Waals surface area contributed by atoms with Crippen LogP contribution in [0.4, 0.5) is 5.69 Å². The number of β-amino-alcohol motifs (C(OH)–C–C–N with tert-alkyl or cyclic N) is 1. The van der Waals surface area contributed by atoms with Gasteiger partial charge in [0.05, 0.1) is 6.10 Å². The van der Waals surface area contributed by atoms with Crippen LogP contribution in [0.3, 0.4) is 0 Å². The minimum absolute atomic E-state index is 0. The largest absolute Gasteiger partial charge is 0.490 e. The Labute approximate surface area is 192 Å². The van der Waals surface area contributed by atoms with Crippen LogP contribution in [-0.2, 0) is 0 Å². The number of piperazine rings is 1. The summed E-state index contributed by atoms with van der Waals surface area (Å²) in [7, 11) is 0. The van der Waals surface area contributed by atoms with Gasteiger partial charge in [0.15, 0.2) is 0 Å². The molecule has 1 fully saturated rings. The molecule has 0 aromatic heterocycles. The molecule has 2 unspecified atom stereocenters. The number of hydrogen-bond acceptors (Lipinski definition) is 5. The number of hydrogen-bond donors (Lipinski definition) is 2. The standard InChI is InChI=1S/C23H32N2O3.2ClH/c1-17-8-9-20(14-18(17)2)25-12-10-24(11-13-25)15-21(27)16-28-23-7-5-4-6-22(23)19(3)26;;/h4-9,14,19,21,26-27H,10-13,15-16H2,1-3H3;2*1H. The number of halogens is 2. The molecule has 7 heteroatoms. The van der Waals surface area contributed by atoms with Gasteiger partial charge in [-0.3, -0.25) is 4.90 Å². The van der Waals surface area contributed by atoms with Crippen LogP contribution in [0.2, 0.25) is 0 Å². The van der Waals surface area contributed by atoms with Gasteiger partial charge in [-0.25, -0.2) is 0 Å². The average Bonchev–Trinajstić information content (AvgIpc) is 2.69. The highest BCUT2D eigenvalue weighted by molar-refractivity contribution is 5.85. The predicted octanol–water partition coefficient (Wildman–Crippen LogP) is 3.76. The van der Waals surface area contributed by atoms with E-state index in [1.54, 1.807) is 6.92 Å². The van der Waals surface area contributed by atoms with Crippen LogP contribution in [0.15, 0.2) is 42.5 Å². The first-order chi connectivity index (χ1) is 13.4. The van der Waals surface area contributed by atoms with Gasteiger partial charge in [0.25, 0.3) is 0 Å². The number of anilines is 1. The fourth-order valence-electron chi connectivity index (χ4n) is 3.60. The minimum Gasteiger partial charge on any atom is -0.490 e. The van der Waals surface area contributed by atoms with Gasteiger partial charge in [-0.2, -0.15) is 0 Å². The molecule has 1 aliphatic heterocycles. The van der Waals surface area contributed by atoms with E-state index in [1.807, 2.05) is 24.3 Å². The van der Waals surface area contributed by atoms with E-state index in [0.717, 1.165) is 31.7 Å². The van der Waals surface area contributed by atoms with Gasteiger partial charge in [0.1, 0.15) is 18.5 Å². The SMILES string of the molecule is Cc1ccc(N2CCN(CC(O)COc3ccccc3C(C)O)CC2)cc1C.Cl.Cl. The number of aliphatic hydroxyl groups is 2. The predicted molar refractivity (Wildman–Crippen MR) is 128 cm³/mol. The van der Waals surface area contributed by atoms with E-state index in [9.17, 15) is 10.2 Å². The minimum atomic E-state index is -0.591. The lowest BCUT2D eigenvalue weighted by Crippen LogP contribution is -2.49. The fraction of sp³-hybridized carbons (Fsp3) is 0.478. The molecule has 1 heterocycles. The Morgan fingerprint density at radius 1 is 0.933 bits per heavy atom. The molecule has 2 atom stereocenters. The van der Waals surface area contributed by atoms with Gasteiger partial charge < -0.3 is 19.8 Å². The van der Waals surface area contributed by atoms with Crippen LogP contribution in [0.1, 0.15) is 29.7 Å². The molecule has 1 aliphatic rings. The first kappa shape index (κ1) is 26.5.